The Labute approximate surface area is 177 Å². The summed E-state index contributed by atoms with van der Waals surface area (Å²) in [6.07, 6.45) is 7.75. The minimum atomic E-state index is 0. The molecular weight excluding hydrogens is 356 g/mol. The number of nitrogens with one attached hydrogen (secondary N) is 1. The number of aromatic amines is 1. The van der Waals surface area contributed by atoms with E-state index in [-0.39, 0.29) is 7.43 Å². The molecule has 0 aliphatic rings. The summed E-state index contributed by atoms with van der Waals surface area (Å²) in [4.78, 5) is 7.39. The van der Waals surface area contributed by atoms with Crippen LogP contribution in [0.25, 0.3) is 16.6 Å². The third-order valence-corrected chi connectivity index (χ3v) is 4.19. The molecule has 4 rings (SSSR count). The molecule has 0 fully saturated rings. The monoisotopic (exact) mass is 396 g/mol. The van der Waals surface area contributed by atoms with E-state index < -0.39 is 0 Å². The second kappa shape index (κ2) is 13.5. The van der Waals surface area contributed by atoms with Crippen LogP contribution in [0.4, 0.5) is 0 Å². The molecule has 0 spiro atoms. The van der Waals surface area contributed by atoms with Crippen LogP contribution in [0.2, 0.25) is 0 Å². The molecule has 0 saturated carbocycles. The average Bonchev–Trinajstić information content (AvgIpc) is 3.37. The summed E-state index contributed by atoms with van der Waals surface area (Å²) < 4.78 is 1.91. The topological polar surface area (TPSA) is 46.0 Å². The van der Waals surface area contributed by atoms with Gasteiger partial charge in [-0.2, -0.15) is 5.10 Å². The zero-order valence-corrected chi connectivity index (χ0v) is 18.7. The lowest BCUT2D eigenvalue weighted by Gasteiger charge is -2.04. The van der Waals surface area contributed by atoms with Gasteiger partial charge < -0.3 is 4.98 Å². The van der Waals surface area contributed by atoms with Gasteiger partial charge in [-0.3, -0.25) is 0 Å². The van der Waals surface area contributed by atoms with Crippen molar-refractivity contribution in [3.8, 4) is 0 Å². The maximum absolute atomic E-state index is 4.23. The zero-order valence-electron chi connectivity index (χ0n) is 18.7. The highest BCUT2D eigenvalue weighted by molar-refractivity contribution is 5.79. The van der Waals surface area contributed by atoms with Gasteiger partial charge in [0, 0.05) is 30.2 Å². The van der Waals surface area contributed by atoms with Crippen molar-refractivity contribution in [2.24, 2.45) is 0 Å². The number of fused-ring (bicyclic) bond motifs is 2. The molecule has 29 heavy (non-hydrogen) atoms. The molecule has 0 aromatic carbocycles. The third kappa shape index (κ3) is 7.04. The molecule has 1 N–H and O–H groups in total. The Morgan fingerprint density at radius 2 is 1.55 bits per heavy atom. The van der Waals surface area contributed by atoms with E-state index in [1.54, 1.807) is 0 Å². The predicted octanol–water partition coefficient (Wildman–Crippen LogP) is 7.83. The molecule has 4 heteroatoms. The van der Waals surface area contributed by atoms with Gasteiger partial charge in [0.05, 0.1) is 5.52 Å². The van der Waals surface area contributed by atoms with E-state index >= 15 is 0 Å². The molecule has 0 atom stereocenters. The molecule has 4 aromatic rings. The van der Waals surface area contributed by atoms with Crippen molar-refractivity contribution in [3.63, 3.8) is 0 Å². The fourth-order valence-corrected chi connectivity index (χ4v) is 2.73. The smallest absolute Gasteiger partial charge is 0.137 e. The Kier molecular flexibility index (Phi) is 12.3. The van der Waals surface area contributed by atoms with E-state index in [2.05, 4.69) is 67.2 Å². The lowest BCUT2D eigenvalue weighted by Crippen LogP contribution is -1.92. The van der Waals surface area contributed by atoms with Crippen molar-refractivity contribution in [3.05, 3.63) is 66.2 Å². The van der Waals surface area contributed by atoms with E-state index in [4.69, 9.17) is 0 Å². The quantitative estimate of drug-likeness (QED) is 0.375. The molecule has 0 saturated heterocycles. The highest BCUT2D eigenvalue weighted by Crippen LogP contribution is 2.23. The zero-order chi connectivity index (χ0) is 21.1. The Bertz CT molecular complexity index is 932. The number of pyridine rings is 2. The van der Waals surface area contributed by atoms with E-state index in [1.165, 1.54) is 16.5 Å². The van der Waals surface area contributed by atoms with Crippen LogP contribution in [-0.2, 0) is 0 Å². The number of nitrogens with zero attached hydrogens (tertiary/aromatic N) is 3. The molecule has 0 aliphatic heterocycles. The first kappa shape index (κ1) is 26.4. The van der Waals surface area contributed by atoms with Crippen LogP contribution in [0.1, 0.15) is 85.8 Å². The number of rotatable bonds is 2. The fourth-order valence-electron chi connectivity index (χ4n) is 2.73. The van der Waals surface area contributed by atoms with Crippen molar-refractivity contribution < 1.29 is 0 Å². The first-order chi connectivity index (χ1) is 13.6. The Balaban J connectivity index is 0.000000449. The van der Waals surface area contributed by atoms with Crippen LogP contribution in [0.5, 0.6) is 0 Å². The van der Waals surface area contributed by atoms with Gasteiger partial charge in [-0.05, 0) is 47.2 Å². The van der Waals surface area contributed by atoms with Crippen LogP contribution >= 0.6 is 0 Å². The highest BCUT2D eigenvalue weighted by Gasteiger charge is 2.06. The minimum absolute atomic E-state index is 0. The lowest BCUT2D eigenvalue weighted by molar-refractivity contribution is 0.835. The van der Waals surface area contributed by atoms with Gasteiger partial charge >= 0.3 is 0 Å². The molecular formula is C25H40N4. The van der Waals surface area contributed by atoms with Crippen molar-refractivity contribution in [2.75, 3.05) is 0 Å². The van der Waals surface area contributed by atoms with Gasteiger partial charge in [0.25, 0.3) is 0 Å². The molecule has 0 unspecified atom stereocenters. The van der Waals surface area contributed by atoms with Crippen LogP contribution in [0.3, 0.4) is 0 Å². The summed E-state index contributed by atoms with van der Waals surface area (Å²) >= 11 is 0. The van der Waals surface area contributed by atoms with Crippen molar-refractivity contribution in [1.82, 2.24) is 19.6 Å². The number of aromatic nitrogens is 4. The van der Waals surface area contributed by atoms with Crippen LogP contribution in [0.15, 0.2) is 55.1 Å². The van der Waals surface area contributed by atoms with Gasteiger partial charge in [-0.15, -0.1) is 0 Å². The van der Waals surface area contributed by atoms with Gasteiger partial charge in [-0.1, -0.05) is 68.9 Å². The molecule has 0 radical (unpaired) electrons. The largest absolute Gasteiger partial charge is 0.346 e. The van der Waals surface area contributed by atoms with Gasteiger partial charge in [-0.25, -0.2) is 9.50 Å². The second-order valence-electron chi connectivity index (χ2n) is 6.62. The molecule has 0 bridgehead atoms. The predicted molar refractivity (Wildman–Crippen MR) is 129 cm³/mol. The number of H-pyrrole nitrogens is 1. The molecule has 4 aromatic heterocycles. The first-order valence-electron chi connectivity index (χ1n) is 10.4. The lowest BCUT2D eigenvalue weighted by atomic mass is 10.0. The maximum Gasteiger partial charge on any atom is 0.137 e. The van der Waals surface area contributed by atoms with E-state index in [9.17, 15) is 0 Å². The van der Waals surface area contributed by atoms with Crippen molar-refractivity contribution >= 4 is 16.6 Å². The number of hydrogen-bond donors (Lipinski definition) is 1. The van der Waals surface area contributed by atoms with E-state index in [0.29, 0.717) is 11.8 Å². The van der Waals surface area contributed by atoms with Gasteiger partial charge in [0.2, 0.25) is 0 Å². The first-order valence-corrected chi connectivity index (χ1v) is 10.4. The van der Waals surface area contributed by atoms with E-state index in [1.807, 2.05) is 62.9 Å². The normalized spacial score (nSPS) is 9.72. The molecule has 160 valence electrons. The van der Waals surface area contributed by atoms with Crippen LogP contribution in [0, 0.1) is 0 Å². The Hall–Kier alpha value is -2.62. The maximum atomic E-state index is 4.23. The summed E-state index contributed by atoms with van der Waals surface area (Å²) in [5.74, 6) is 1.13. The Morgan fingerprint density at radius 3 is 2.17 bits per heavy atom. The summed E-state index contributed by atoms with van der Waals surface area (Å²) in [7, 11) is 0. The van der Waals surface area contributed by atoms with Gasteiger partial charge in [0.1, 0.15) is 5.65 Å². The highest BCUT2D eigenvalue weighted by atomic mass is 15.2. The van der Waals surface area contributed by atoms with Crippen molar-refractivity contribution in [1.29, 1.82) is 0 Å². The molecule has 4 heterocycles. The van der Waals surface area contributed by atoms with Crippen molar-refractivity contribution in [2.45, 2.75) is 74.7 Å². The SMILES string of the molecule is C.CC.CC.CC(C)c1c[nH]c2ncccc12.CC(C)c1ccc2ccnn2c1. The summed E-state index contributed by atoms with van der Waals surface area (Å²) in [5, 5.41) is 5.42. The summed E-state index contributed by atoms with van der Waals surface area (Å²) in [6, 6.07) is 10.3. The van der Waals surface area contributed by atoms with Crippen LogP contribution < -0.4 is 0 Å². The third-order valence-electron chi connectivity index (χ3n) is 4.19. The van der Waals surface area contributed by atoms with Crippen LogP contribution in [-0.4, -0.2) is 19.6 Å². The summed E-state index contributed by atoms with van der Waals surface area (Å²) in [5.41, 5.74) is 4.81. The Morgan fingerprint density at radius 1 is 0.862 bits per heavy atom. The average molecular weight is 397 g/mol. The fraction of sp³-hybridized carbons (Fsp3) is 0.440. The molecule has 0 aliphatic carbocycles. The van der Waals surface area contributed by atoms with E-state index in [0.717, 1.165) is 11.2 Å². The minimum Gasteiger partial charge on any atom is -0.346 e. The molecule has 4 nitrogen and oxygen atoms in total. The summed E-state index contributed by atoms with van der Waals surface area (Å²) in [6.45, 7) is 16.8. The standard InChI is InChI=1S/2C10H12N2.2C2H6.CH4/c1-8(2)9-3-4-10-5-6-11-12(10)7-9;1-7(2)9-6-12-10-8(9)4-3-5-11-10;2*1-2;/h3-8H,1-2H3;3-7H,1-2H3,(H,11,12);2*1-2H3;1H4. The molecule has 0 amide bonds. The van der Waals surface area contributed by atoms with Gasteiger partial charge in [0.15, 0.2) is 0 Å². The second-order valence-corrected chi connectivity index (χ2v) is 6.62. The number of hydrogen-bond acceptors (Lipinski definition) is 2.